The summed E-state index contributed by atoms with van der Waals surface area (Å²) in [5.41, 5.74) is 1.74. The van der Waals surface area contributed by atoms with Crippen LogP contribution in [0.3, 0.4) is 0 Å². The summed E-state index contributed by atoms with van der Waals surface area (Å²) in [4.78, 5) is 15.8. The number of sulfonamides is 1. The molecule has 2 heterocycles. The summed E-state index contributed by atoms with van der Waals surface area (Å²) < 4.78 is 40.6. The Morgan fingerprint density at radius 1 is 1.14 bits per heavy atom. The number of aliphatic hydroxyl groups excluding tert-OH is 2. The number of fused-ring (bicyclic) bond motifs is 1. The molecule has 3 N–H and O–H groups in total. The molecule has 0 unspecified atom stereocenters. The monoisotopic (exact) mass is 522 g/mol. The number of benzene rings is 1. The van der Waals surface area contributed by atoms with E-state index >= 15 is 0 Å². The highest BCUT2D eigenvalue weighted by atomic mass is 32.2. The maximum atomic E-state index is 13.5. The molecule has 0 atom stereocenters. The lowest BCUT2D eigenvalue weighted by Gasteiger charge is -2.22. The Balaban J connectivity index is 2.09. The number of aliphatic hydroxyl groups is 2. The van der Waals surface area contributed by atoms with Gasteiger partial charge < -0.3 is 24.7 Å². The number of rotatable bonds is 14. The van der Waals surface area contributed by atoms with E-state index in [0.717, 1.165) is 12.1 Å². The zero-order valence-electron chi connectivity index (χ0n) is 20.9. The molecule has 0 aliphatic rings. The first kappa shape index (κ1) is 27.8. The molecular weight excluding hydrogens is 488 g/mol. The molecule has 0 aliphatic carbocycles. The number of ether oxygens (including phenoxy) is 2. The van der Waals surface area contributed by atoms with Crippen LogP contribution in [0.25, 0.3) is 22.2 Å². The number of aromatic amines is 1. The van der Waals surface area contributed by atoms with Crippen molar-refractivity contribution in [2.75, 3.05) is 46.6 Å². The van der Waals surface area contributed by atoms with Gasteiger partial charge in [-0.2, -0.15) is 9.40 Å². The molecule has 0 radical (unpaired) electrons. The molecule has 0 bridgehead atoms. The first-order chi connectivity index (χ1) is 17.3. The lowest BCUT2D eigenvalue weighted by atomic mass is 10.1. The summed E-state index contributed by atoms with van der Waals surface area (Å²) in [6, 6.07) is 6.27. The fraction of sp³-hybridized carbons (Fsp3) is 0.500. The van der Waals surface area contributed by atoms with Gasteiger partial charge in [0, 0.05) is 37.7 Å². The normalized spacial score (nSPS) is 12.1. The average Bonchev–Trinajstić information content (AvgIpc) is 3.18. The number of nitrogens with one attached hydrogen (secondary N) is 1. The predicted molar refractivity (Wildman–Crippen MR) is 136 cm³/mol. The van der Waals surface area contributed by atoms with E-state index in [1.165, 1.54) is 23.5 Å². The molecule has 36 heavy (non-hydrogen) atoms. The highest BCUT2D eigenvalue weighted by Gasteiger charge is 2.26. The fourth-order valence-electron chi connectivity index (χ4n) is 4.08. The molecular formula is C24H34N4O7S. The van der Waals surface area contributed by atoms with E-state index in [9.17, 15) is 18.3 Å². The molecule has 198 valence electrons. The minimum Gasteiger partial charge on any atom is -0.496 e. The van der Waals surface area contributed by atoms with E-state index in [0.29, 0.717) is 34.3 Å². The van der Waals surface area contributed by atoms with Crippen molar-refractivity contribution in [1.29, 1.82) is 0 Å². The maximum absolute atomic E-state index is 13.5. The van der Waals surface area contributed by atoms with Gasteiger partial charge >= 0.3 is 0 Å². The summed E-state index contributed by atoms with van der Waals surface area (Å²) in [6.07, 6.45) is 1.81. The third kappa shape index (κ3) is 5.95. The molecule has 0 amide bonds. The molecule has 12 heteroatoms. The zero-order valence-corrected chi connectivity index (χ0v) is 21.7. The number of hydrogen-bond donors (Lipinski definition) is 3. The van der Waals surface area contributed by atoms with Crippen molar-refractivity contribution in [3.8, 4) is 17.0 Å². The number of methoxy groups -OCH3 is 1. The molecule has 3 aromatic rings. The van der Waals surface area contributed by atoms with Crippen LogP contribution in [0.15, 0.2) is 34.0 Å². The molecule has 11 nitrogen and oxygen atoms in total. The van der Waals surface area contributed by atoms with Crippen LogP contribution in [0, 0.1) is 0 Å². The smallest absolute Gasteiger partial charge is 0.274 e. The van der Waals surface area contributed by atoms with Gasteiger partial charge in [-0.25, -0.2) is 8.42 Å². The highest BCUT2D eigenvalue weighted by Crippen LogP contribution is 2.33. The van der Waals surface area contributed by atoms with Gasteiger partial charge in [-0.1, -0.05) is 13.3 Å². The summed E-state index contributed by atoms with van der Waals surface area (Å²) in [7, 11) is -0.773. The molecule has 0 saturated heterocycles. The van der Waals surface area contributed by atoms with Crippen LogP contribution in [0.1, 0.15) is 25.5 Å². The van der Waals surface area contributed by atoms with Crippen molar-refractivity contribution in [2.45, 2.75) is 31.1 Å². The van der Waals surface area contributed by atoms with E-state index in [1.807, 2.05) is 6.92 Å². The summed E-state index contributed by atoms with van der Waals surface area (Å²) in [5, 5.41) is 23.3. The minimum atomic E-state index is -3.97. The minimum absolute atomic E-state index is 0.0133. The van der Waals surface area contributed by atoms with Crippen LogP contribution in [-0.2, 0) is 28.2 Å². The Hall–Kier alpha value is -2.77. The van der Waals surface area contributed by atoms with E-state index in [1.54, 1.807) is 23.9 Å². The molecule has 0 fully saturated rings. The number of aryl methyl sites for hydroxylation is 2. The Morgan fingerprint density at radius 2 is 1.92 bits per heavy atom. The van der Waals surface area contributed by atoms with Gasteiger partial charge in [-0.3, -0.25) is 9.48 Å². The Kier molecular flexibility index (Phi) is 9.63. The summed E-state index contributed by atoms with van der Waals surface area (Å²) in [6.45, 7) is 2.06. The predicted octanol–water partition coefficient (Wildman–Crippen LogP) is 1.27. The molecule has 3 rings (SSSR count). The lowest BCUT2D eigenvalue weighted by molar-refractivity contribution is 0.0848. The van der Waals surface area contributed by atoms with E-state index in [-0.39, 0.29) is 56.4 Å². The number of pyridine rings is 1. The van der Waals surface area contributed by atoms with Crippen molar-refractivity contribution in [3.05, 3.63) is 40.3 Å². The van der Waals surface area contributed by atoms with Crippen LogP contribution >= 0.6 is 0 Å². The lowest BCUT2D eigenvalue weighted by Crippen LogP contribution is -2.35. The molecule has 0 saturated carbocycles. The van der Waals surface area contributed by atoms with E-state index in [2.05, 4.69) is 10.1 Å². The zero-order chi connectivity index (χ0) is 26.3. The molecule has 2 aromatic heterocycles. The van der Waals surface area contributed by atoms with Crippen molar-refractivity contribution in [3.63, 3.8) is 0 Å². The van der Waals surface area contributed by atoms with Crippen LogP contribution in [-0.4, -0.2) is 84.3 Å². The second-order valence-electron chi connectivity index (χ2n) is 8.27. The van der Waals surface area contributed by atoms with Gasteiger partial charge in [0.25, 0.3) is 5.56 Å². The standard InChI is InChI=1S/C24H34N4O7S/c1-4-6-20-19-16-21(25-24(31)23(19)27(2)26-20)18-15-17(7-8-22(18)34-3)36(32,33)28(9-5-11-29)10-13-35-14-12-30/h7-8,15-16,29-30H,4-6,9-14H2,1-3H3,(H,25,31). The summed E-state index contributed by atoms with van der Waals surface area (Å²) in [5.74, 6) is 0.401. The van der Waals surface area contributed by atoms with Gasteiger partial charge in [-0.05, 0) is 37.1 Å². The van der Waals surface area contributed by atoms with Gasteiger partial charge in [-0.15, -0.1) is 0 Å². The fourth-order valence-corrected chi connectivity index (χ4v) is 5.57. The second-order valence-corrected chi connectivity index (χ2v) is 10.2. The number of nitrogens with zero attached hydrogens (tertiary/aromatic N) is 3. The summed E-state index contributed by atoms with van der Waals surface area (Å²) >= 11 is 0. The van der Waals surface area contributed by atoms with Gasteiger partial charge in [0.05, 0.1) is 43.2 Å². The van der Waals surface area contributed by atoms with Gasteiger partial charge in [0.15, 0.2) is 0 Å². The third-order valence-electron chi connectivity index (χ3n) is 5.78. The number of H-pyrrole nitrogens is 1. The first-order valence-electron chi connectivity index (χ1n) is 11.8. The van der Waals surface area contributed by atoms with Crippen LogP contribution in [0.2, 0.25) is 0 Å². The van der Waals surface area contributed by atoms with E-state index < -0.39 is 10.0 Å². The van der Waals surface area contributed by atoms with Gasteiger partial charge in [0.2, 0.25) is 10.0 Å². The average molecular weight is 523 g/mol. The number of aromatic nitrogens is 3. The SMILES string of the molecule is CCCc1nn(C)c2c(=O)[nH]c(-c3cc(S(=O)(=O)N(CCCO)CCOCCO)ccc3OC)cc12. The highest BCUT2D eigenvalue weighted by molar-refractivity contribution is 7.89. The molecule has 0 spiro atoms. The second kappa shape index (κ2) is 12.5. The topological polar surface area (TPSA) is 147 Å². The van der Waals surface area contributed by atoms with Crippen LogP contribution in [0.5, 0.6) is 5.75 Å². The van der Waals surface area contributed by atoms with Crippen LogP contribution in [0.4, 0.5) is 0 Å². The third-order valence-corrected chi connectivity index (χ3v) is 7.68. The van der Waals surface area contributed by atoms with E-state index in [4.69, 9.17) is 14.6 Å². The quantitative estimate of drug-likeness (QED) is 0.268. The molecule has 1 aromatic carbocycles. The molecule has 0 aliphatic heterocycles. The van der Waals surface area contributed by atoms with Crippen molar-refractivity contribution in [2.24, 2.45) is 7.05 Å². The Labute approximate surface area is 210 Å². The number of hydrogen-bond acceptors (Lipinski definition) is 8. The largest absolute Gasteiger partial charge is 0.496 e. The first-order valence-corrected chi connectivity index (χ1v) is 13.3. The maximum Gasteiger partial charge on any atom is 0.274 e. The van der Waals surface area contributed by atoms with Gasteiger partial charge in [0.1, 0.15) is 11.3 Å². The van der Waals surface area contributed by atoms with Crippen molar-refractivity contribution >= 4 is 20.9 Å². The Bertz CT molecular complexity index is 1330. The van der Waals surface area contributed by atoms with Crippen LogP contribution < -0.4 is 10.3 Å². The van der Waals surface area contributed by atoms with Crippen molar-refractivity contribution < 1.29 is 28.1 Å². The van der Waals surface area contributed by atoms with Crippen molar-refractivity contribution in [1.82, 2.24) is 19.1 Å². The Morgan fingerprint density at radius 3 is 2.58 bits per heavy atom.